The van der Waals surface area contributed by atoms with Crippen molar-refractivity contribution < 1.29 is 14.7 Å². The van der Waals surface area contributed by atoms with E-state index in [1.807, 2.05) is 6.92 Å². The Bertz CT molecular complexity index is 474. The van der Waals surface area contributed by atoms with E-state index in [-0.39, 0.29) is 18.4 Å². The van der Waals surface area contributed by atoms with E-state index in [4.69, 9.17) is 5.11 Å². The van der Waals surface area contributed by atoms with Gasteiger partial charge in [-0.05, 0) is 26.3 Å². The van der Waals surface area contributed by atoms with E-state index in [1.54, 1.807) is 19.9 Å². The number of nitrogens with zero attached hydrogens (tertiary/aromatic N) is 2. The summed E-state index contributed by atoms with van der Waals surface area (Å²) >= 11 is 0. The number of hydrogen-bond acceptors (Lipinski definition) is 4. The van der Waals surface area contributed by atoms with Crippen LogP contribution in [0.2, 0.25) is 0 Å². The first kappa shape index (κ1) is 15.1. The molecule has 19 heavy (non-hydrogen) atoms. The molecule has 0 bridgehead atoms. The molecule has 1 amide bonds. The predicted molar refractivity (Wildman–Crippen MR) is 69.9 cm³/mol. The zero-order valence-electron chi connectivity index (χ0n) is 11.4. The molecule has 0 aromatic carbocycles. The Morgan fingerprint density at radius 2 is 2.05 bits per heavy atom. The molecule has 0 saturated carbocycles. The molecule has 1 heterocycles. The molecule has 1 rings (SSSR count). The number of hydrogen-bond donors (Lipinski definition) is 2. The molecule has 0 fully saturated rings. The molecule has 104 valence electrons. The van der Waals surface area contributed by atoms with Gasteiger partial charge in [-0.2, -0.15) is 10.2 Å². The lowest BCUT2D eigenvalue weighted by Gasteiger charge is -2.16. The Morgan fingerprint density at radius 1 is 1.37 bits per heavy atom. The third kappa shape index (κ3) is 4.65. The number of aliphatic carboxylic acids is 1. The summed E-state index contributed by atoms with van der Waals surface area (Å²) in [5.74, 6) is -1.21. The van der Waals surface area contributed by atoms with Crippen LogP contribution in [0, 0.1) is 13.8 Å². The minimum absolute atomic E-state index is 0.0733. The lowest BCUT2D eigenvalue weighted by Crippen LogP contribution is -2.37. The Kier molecular flexibility index (Phi) is 5.41. The van der Waals surface area contributed by atoms with Crippen LogP contribution in [0.25, 0.3) is 0 Å². The fourth-order valence-corrected chi connectivity index (χ4v) is 1.83. The molecule has 1 unspecified atom stereocenters. The summed E-state index contributed by atoms with van der Waals surface area (Å²) in [5, 5.41) is 19.3. The molecular formula is C13H19N3O3. The molecule has 0 aliphatic carbocycles. The number of amides is 1. The van der Waals surface area contributed by atoms with Crippen LogP contribution in [0.4, 0.5) is 0 Å². The van der Waals surface area contributed by atoms with Crippen LogP contribution in [0.5, 0.6) is 0 Å². The molecule has 0 aliphatic rings. The number of carbonyl (C=O) groups is 2. The molecular weight excluding hydrogens is 246 g/mol. The molecule has 0 aliphatic heterocycles. The number of carboxylic acid groups (broad SMARTS) is 1. The average Bonchev–Trinajstić information content (AvgIpc) is 2.31. The normalized spacial score (nSPS) is 11.9. The lowest BCUT2D eigenvalue weighted by atomic mass is 10.1. The fraction of sp³-hybridized carbons (Fsp3) is 0.538. The maximum absolute atomic E-state index is 12.1. The highest BCUT2D eigenvalue weighted by atomic mass is 16.4. The molecule has 6 nitrogen and oxygen atoms in total. The average molecular weight is 265 g/mol. The van der Waals surface area contributed by atoms with E-state index >= 15 is 0 Å². The van der Waals surface area contributed by atoms with Gasteiger partial charge in [0.2, 0.25) is 0 Å². The zero-order chi connectivity index (χ0) is 14.4. The second kappa shape index (κ2) is 6.82. The van der Waals surface area contributed by atoms with E-state index in [2.05, 4.69) is 15.5 Å². The van der Waals surface area contributed by atoms with Crippen LogP contribution in [0.15, 0.2) is 6.07 Å². The standard InChI is InChI=1S/C13H19N3O3/c1-4-5-10(7-12(17)18)14-13(19)11-6-8(2)15-16-9(11)3/h6,10H,4-5,7H2,1-3H3,(H,14,19)(H,17,18). The smallest absolute Gasteiger partial charge is 0.305 e. The first-order chi connectivity index (χ1) is 8.93. The van der Waals surface area contributed by atoms with Crippen LogP contribution >= 0.6 is 0 Å². The van der Waals surface area contributed by atoms with E-state index in [0.717, 1.165) is 6.42 Å². The van der Waals surface area contributed by atoms with Gasteiger partial charge in [-0.1, -0.05) is 13.3 Å². The zero-order valence-corrected chi connectivity index (χ0v) is 11.4. The van der Waals surface area contributed by atoms with Crippen molar-refractivity contribution in [1.29, 1.82) is 0 Å². The van der Waals surface area contributed by atoms with Crippen molar-refractivity contribution in [3.63, 3.8) is 0 Å². The van der Waals surface area contributed by atoms with Gasteiger partial charge in [-0.3, -0.25) is 9.59 Å². The summed E-state index contributed by atoms with van der Waals surface area (Å²) in [7, 11) is 0. The third-order valence-corrected chi connectivity index (χ3v) is 2.74. The van der Waals surface area contributed by atoms with Crippen LogP contribution in [-0.2, 0) is 4.79 Å². The number of carbonyl (C=O) groups excluding carboxylic acids is 1. The van der Waals surface area contributed by atoms with Crippen LogP contribution in [0.3, 0.4) is 0 Å². The summed E-state index contributed by atoms with van der Waals surface area (Å²) < 4.78 is 0. The molecule has 0 radical (unpaired) electrons. The van der Waals surface area contributed by atoms with Crippen molar-refractivity contribution >= 4 is 11.9 Å². The largest absolute Gasteiger partial charge is 0.481 e. The van der Waals surface area contributed by atoms with Gasteiger partial charge in [0.15, 0.2) is 0 Å². The highest BCUT2D eigenvalue weighted by Crippen LogP contribution is 2.08. The van der Waals surface area contributed by atoms with Crippen molar-refractivity contribution in [1.82, 2.24) is 15.5 Å². The predicted octanol–water partition coefficient (Wildman–Crippen LogP) is 1.47. The van der Waals surface area contributed by atoms with Crippen molar-refractivity contribution in [3.8, 4) is 0 Å². The second-order valence-electron chi connectivity index (χ2n) is 4.54. The maximum Gasteiger partial charge on any atom is 0.305 e. The number of aryl methyl sites for hydroxylation is 2. The summed E-state index contributed by atoms with van der Waals surface area (Å²) in [6.45, 7) is 5.40. The number of rotatable bonds is 6. The first-order valence-corrected chi connectivity index (χ1v) is 6.27. The molecule has 1 aromatic heterocycles. The molecule has 2 N–H and O–H groups in total. The van der Waals surface area contributed by atoms with Crippen LogP contribution in [-0.4, -0.2) is 33.2 Å². The van der Waals surface area contributed by atoms with Gasteiger partial charge in [0.05, 0.1) is 23.4 Å². The van der Waals surface area contributed by atoms with Gasteiger partial charge in [0, 0.05) is 6.04 Å². The van der Waals surface area contributed by atoms with Crippen molar-refractivity contribution in [2.45, 2.75) is 46.1 Å². The number of nitrogens with one attached hydrogen (secondary N) is 1. The Balaban J connectivity index is 2.81. The minimum atomic E-state index is -0.917. The van der Waals surface area contributed by atoms with Gasteiger partial charge in [0.1, 0.15) is 0 Å². The fourth-order valence-electron chi connectivity index (χ4n) is 1.83. The minimum Gasteiger partial charge on any atom is -0.481 e. The quantitative estimate of drug-likeness (QED) is 0.812. The van der Waals surface area contributed by atoms with Gasteiger partial charge in [-0.25, -0.2) is 0 Å². The van der Waals surface area contributed by atoms with Crippen molar-refractivity contribution in [3.05, 3.63) is 23.0 Å². The third-order valence-electron chi connectivity index (χ3n) is 2.74. The van der Waals surface area contributed by atoms with Gasteiger partial charge >= 0.3 is 5.97 Å². The van der Waals surface area contributed by atoms with E-state index in [9.17, 15) is 9.59 Å². The van der Waals surface area contributed by atoms with E-state index < -0.39 is 5.97 Å². The van der Waals surface area contributed by atoms with Crippen LogP contribution in [0.1, 0.15) is 47.9 Å². The summed E-state index contributed by atoms with van der Waals surface area (Å²) in [4.78, 5) is 22.9. The molecule has 0 spiro atoms. The maximum atomic E-state index is 12.1. The topological polar surface area (TPSA) is 92.2 Å². The number of carboxylic acids is 1. The Hall–Kier alpha value is -1.98. The summed E-state index contributed by atoms with van der Waals surface area (Å²) in [5.41, 5.74) is 1.63. The SMILES string of the molecule is CCCC(CC(=O)O)NC(=O)c1cc(C)nnc1C. The lowest BCUT2D eigenvalue weighted by molar-refractivity contribution is -0.137. The van der Waals surface area contributed by atoms with Gasteiger partial charge in [-0.15, -0.1) is 0 Å². The number of aromatic nitrogens is 2. The highest BCUT2D eigenvalue weighted by Gasteiger charge is 2.18. The van der Waals surface area contributed by atoms with Gasteiger partial charge in [0.25, 0.3) is 5.91 Å². The van der Waals surface area contributed by atoms with Gasteiger partial charge < -0.3 is 10.4 Å². The van der Waals surface area contributed by atoms with Crippen molar-refractivity contribution in [2.24, 2.45) is 0 Å². The Morgan fingerprint density at radius 3 is 2.63 bits per heavy atom. The second-order valence-corrected chi connectivity index (χ2v) is 4.54. The summed E-state index contributed by atoms with van der Waals surface area (Å²) in [6.07, 6.45) is 1.37. The summed E-state index contributed by atoms with van der Waals surface area (Å²) in [6, 6.07) is 1.30. The van der Waals surface area contributed by atoms with Crippen LogP contribution < -0.4 is 5.32 Å². The molecule has 1 aromatic rings. The monoisotopic (exact) mass is 265 g/mol. The van der Waals surface area contributed by atoms with Crippen molar-refractivity contribution in [2.75, 3.05) is 0 Å². The molecule has 6 heteroatoms. The Labute approximate surface area is 112 Å². The van der Waals surface area contributed by atoms with E-state index in [1.165, 1.54) is 0 Å². The molecule has 1 atom stereocenters. The first-order valence-electron chi connectivity index (χ1n) is 6.27. The molecule has 0 saturated heterocycles. The van der Waals surface area contributed by atoms with E-state index in [0.29, 0.717) is 23.4 Å². The highest BCUT2D eigenvalue weighted by molar-refractivity contribution is 5.95.